The first-order valence-corrected chi connectivity index (χ1v) is 9.09. The van der Waals surface area contributed by atoms with Gasteiger partial charge < -0.3 is 4.98 Å². The molecular weight excluding hydrogens is 300 g/mol. The minimum absolute atomic E-state index is 0.0935. The number of benzene rings is 1. The molecule has 6 heteroatoms. The normalized spacial score (nSPS) is 12.5. The number of hydrogen-bond donors (Lipinski definition) is 1. The number of fused-ring (bicyclic) bond motifs is 1. The van der Waals surface area contributed by atoms with Gasteiger partial charge in [0.25, 0.3) is 5.56 Å². The molecule has 0 radical (unpaired) electrons. The largest absolute Gasteiger partial charge is 0.322 e. The lowest BCUT2D eigenvalue weighted by atomic mass is 10.1. The Labute approximate surface area is 131 Å². The lowest BCUT2D eigenvalue weighted by Gasteiger charge is -2.21. The van der Waals surface area contributed by atoms with Crippen LogP contribution in [0.5, 0.6) is 0 Å². The van der Waals surface area contributed by atoms with Gasteiger partial charge in [0.1, 0.15) is 0 Å². The van der Waals surface area contributed by atoms with Crippen LogP contribution in [0.2, 0.25) is 0 Å². The zero-order chi connectivity index (χ0) is 16.5. The van der Waals surface area contributed by atoms with Crippen LogP contribution in [0.15, 0.2) is 29.1 Å². The second-order valence-corrected chi connectivity index (χ2v) is 8.15. The predicted molar refractivity (Wildman–Crippen MR) is 89.4 cm³/mol. The highest BCUT2D eigenvalue weighted by Gasteiger charge is 2.19. The molecule has 0 saturated heterocycles. The Morgan fingerprint density at radius 2 is 1.91 bits per heavy atom. The highest BCUT2D eigenvalue weighted by Crippen LogP contribution is 2.15. The van der Waals surface area contributed by atoms with Crippen LogP contribution in [0.4, 0.5) is 0 Å². The van der Waals surface area contributed by atoms with E-state index in [4.69, 9.17) is 0 Å². The van der Waals surface area contributed by atoms with Gasteiger partial charge in [-0.1, -0.05) is 25.5 Å². The molecule has 120 valence electrons. The quantitative estimate of drug-likeness (QED) is 0.918. The fourth-order valence-electron chi connectivity index (χ4n) is 2.40. The summed E-state index contributed by atoms with van der Waals surface area (Å²) in [5.74, 6) is 0.191. The van der Waals surface area contributed by atoms with Crippen LogP contribution in [0.1, 0.15) is 25.0 Å². The minimum atomic E-state index is -3.36. The molecule has 0 saturated carbocycles. The molecule has 0 amide bonds. The Morgan fingerprint density at radius 1 is 1.23 bits per heavy atom. The second kappa shape index (κ2) is 6.22. The van der Waals surface area contributed by atoms with Crippen LogP contribution in [-0.2, 0) is 16.6 Å². The predicted octanol–water partition coefficient (Wildman–Crippen LogP) is 2.25. The zero-order valence-corrected chi connectivity index (χ0v) is 14.2. The maximum Gasteiger partial charge on any atom is 0.252 e. The van der Waals surface area contributed by atoms with E-state index >= 15 is 0 Å². The molecule has 1 aromatic heterocycles. The van der Waals surface area contributed by atoms with Crippen molar-refractivity contribution in [3.63, 3.8) is 0 Å². The third-order valence-electron chi connectivity index (χ3n) is 3.46. The van der Waals surface area contributed by atoms with Gasteiger partial charge in [0.05, 0.1) is 6.26 Å². The summed E-state index contributed by atoms with van der Waals surface area (Å²) in [7, 11) is -3.36. The summed E-state index contributed by atoms with van der Waals surface area (Å²) in [5, 5.41) is 0.910. The summed E-state index contributed by atoms with van der Waals surface area (Å²) >= 11 is 0. The highest BCUT2D eigenvalue weighted by molar-refractivity contribution is 7.88. The standard InChI is InChI=1S/C16H22N2O3S/c1-11(2)9-18(22(4,20)21)10-14-8-13-7-12(3)5-6-15(13)17-16(14)19/h5-8,11H,9-10H2,1-4H3,(H,17,19). The van der Waals surface area contributed by atoms with Crippen LogP contribution < -0.4 is 5.56 Å². The van der Waals surface area contributed by atoms with E-state index in [1.54, 1.807) is 6.07 Å². The molecule has 0 unspecified atom stereocenters. The molecule has 0 atom stereocenters. The van der Waals surface area contributed by atoms with Crippen molar-refractivity contribution >= 4 is 20.9 Å². The number of pyridine rings is 1. The number of rotatable bonds is 5. The molecule has 2 aromatic rings. The van der Waals surface area contributed by atoms with E-state index in [9.17, 15) is 13.2 Å². The van der Waals surface area contributed by atoms with Gasteiger partial charge in [-0.2, -0.15) is 4.31 Å². The van der Waals surface area contributed by atoms with E-state index < -0.39 is 10.0 Å². The van der Waals surface area contributed by atoms with Gasteiger partial charge in [0.2, 0.25) is 10.0 Å². The molecule has 2 rings (SSSR count). The molecule has 0 aliphatic heterocycles. The maximum atomic E-state index is 12.2. The van der Waals surface area contributed by atoms with Crippen molar-refractivity contribution in [3.05, 3.63) is 45.7 Å². The molecule has 1 N–H and O–H groups in total. The lowest BCUT2D eigenvalue weighted by Crippen LogP contribution is -2.34. The number of nitrogens with zero attached hydrogens (tertiary/aromatic N) is 1. The SMILES string of the molecule is Cc1ccc2[nH]c(=O)c(CN(CC(C)C)S(C)(=O)=O)cc2c1. The fourth-order valence-corrected chi connectivity index (χ4v) is 3.35. The van der Waals surface area contributed by atoms with E-state index in [1.165, 1.54) is 10.6 Å². The Kier molecular flexibility index (Phi) is 4.72. The molecule has 1 aromatic carbocycles. The third kappa shape index (κ3) is 3.96. The summed E-state index contributed by atoms with van der Waals surface area (Å²) in [6.07, 6.45) is 1.18. The first-order chi connectivity index (χ1) is 10.2. The first-order valence-electron chi connectivity index (χ1n) is 7.24. The lowest BCUT2D eigenvalue weighted by molar-refractivity contribution is 0.364. The number of aryl methyl sites for hydroxylation is 1. The summed E-state index contributed by atoms with van der Waals surface area (Å²) in [5.41, 5.74) is 2.07. The molecule has 0 aliphatic rings. The van der Waals surface area contributed by atoms with E-state index in [-0.39, 0.29) is 18.0 Å². The van der Waals surface area contributed by atoms with Crippen LogP contribution in [0.25, 0.3) is 10.9 Å². The zero-order valence-electron chi connectivity index (χ0n) is 13.4. The molecule has 0 aliphatic carbocycles. The van der Waals surface area contributed by atoms with Crippen molar-refractivity contribution in [2.24, 2.45) is 5.92 Å². The number of aromatic amines is 1. The van der Waals surface area contributed by atoms with Gasteiger partial charge in [-0.25, -0.2) is 8.42 Å². The molecule has 0 spiro atoms. The number of hydrogen-bond acceptors (Lipinski definition) is 3. The molecule has 0 bridgehead atoms. The third-order valence-corrected chi connectivity index (χ3v) is 4.68. The Morgan fingerprint density at radius 3 is 2.50 bits per heavy atom. The molecule has 0 fully saturated rings. The number of sulfonamides is 1. The number of H-pyrrole nitrogens is 1. The average Bonchev–Trinajstić information content (AvgIpc) is 2.37. The second-order valence-electron chi connectivity index (χ2n) is 6.16. The molecule has 22 heavy (non-hydrogen) atoms. The Bertz CT molecular complexity index is 838. The van der Waals surface area contributed by atoms with Crippen LogP contribution in [-0.4, -0.2) is 30.5 Å². The number of aromatic nitrogens is 1. The average molecular weight is 322 g/mol. The van der Waals surface area contributed by atoms with Crippen molar-refractivity contribution in [1.29, 1.82) is 0 Å². The van der Waals surface area contributed by atoms with Crippen LogP contribution in [0.3, 0.4) is 0 Å². The van der Waals surface area contributed by atoms with Crippen LogP contribution in [0, 0.1) is 12.8 Å². The van der Waals surface area contributed by atoms with Gasteiger partial charge in [0, 0.05) is 24.2 Å². The highest BCUT2D eigenvalue weighted by atomic mass is 32.2. The van der Waals surface area contributed by atoms with Gasteiger partial charge in [-0.3, -0.25) is 4.79 Å². The number of nitrogens with one attached hydrogen (secondary N) is 1. The molecular formula is C16H22N2O3S. The van der Waals surface area contributed by atoms with Gasteiger partial charge in [0.15, 0.2) is 0 Å². The Balaban J connectivity index is 2.44. The van der Waals surface area contributed by atoms with Crippen molar-refractivity contribution < 1.29 is 8.42 Å². The van der Waals surface area contributed by atoms with Gasteiger partial charge in [-0.05, 0) is 36.4 Å². The van der Waals surface area contributed by atoms with Gasteiger partial charge >= 0.3 is 0 Å². The van der Waals surface area contributed by atoms with Crippen molar-refractivity contribution in [1.82, 2.24) is 9.29 Å². The smallest absolute Gasteiger partial charge is 0.252 e. The molecule has 5 nitrogen and oxygen atoms in total. The van der Waals surface area contributed by atoms with E-state index in [2.05, 4.69) is 4.98 Å². The summed E-state index contributed by atoms with van der Waals surface area (Å²) in [4.78, 5) is 15.0. The monoisotopic (exact) mass is 322 g/mol. The Hall–Kier alpha value is -1.66. The summed E-state index contributed by atoms with van der Waals surface area (Å²) in [6, 6.07) is 7.54. The summed E-state index contributed by atoms with van der Waals surface area (Å²) < 4.78 is 25.2. The van der Waals surface area contributed by atoms with E-state index in [0.717, 1.165) is 16.5 Å². The summed E-state index contributed by atoms with van der Waals surface area (Å²) in [6.45, 7) is 6.37. The molecule has 1 heterocycles. The van der Waals surface area contributed by atoms with Crippen molar-refractivity contribution in [2.75, 3.05) is 12.8 Å². The van der Waals surface area contributed by atoms with E-state index in [0.29, 0.717) is 12.1 Å². The van der Waals surface area contributed by atoms with Crippen molar-refractivity contribution in [3.8, 4) is 0 Å². The minimum Gasteiger partial charge on any atom is -0.322 e. The van der Waals surface area contributed by atoms with E-state index in [1.807, 2.05) is 39.0 Å². The van der Waals surface area contributed by atoms with Crippen LogP contribution >= 0.6 is 0 Å². The topological polar surface area (TPSA) is 70.2 Å². The van der Waals surface area contributed by atoms with Crippen molar-refractivity contribution in [2.45, 2.75) is 27.3 Å². The maximum absolute atomic E-state index is 12.2. The fraction of sp³-hybridized carbons (Fsp3) is 0.438. The van der Waals surface area contributed by atoms with Gasteiger partial charge in [-0.15, -0.1) is 0 Å². The first kappa shape index (κ1) is 16.7.